The van der Waals surface area contributed by atoms with Crippen molar-refractivity contribution in [3.8, 4) is 0 Å². The maximum atomic E-state index is 10.1. The molecule has 0 saturated carbocycles. The molecule has 2 unspecified atom stereocenters. The van der Waals surface area contributed by atoms with Gasteiger partial charge in [-0.1, -0.05) is 36.2 Å². The second-order valence-corrected chi connectivity index (χ2v) is 4.59. The third kappa shape index (κ3) is 2.60. The lowest BCUT2D eigenvalue weighted by Gasteiger charge is -2.20. The number of benzene rings is 1. The van der Waals surface area contributed by atoms with E-state index in [1.807, 2.05) is 6.92 Å². The molecule has 0 amide bonds. The number of hydrogen-bond acceptors (Lipinski definition) is 3. The molecule has 1 heterocycles. The topological polar surface area (TPSA) is 50.9 Å². The van der Waals surface area contributed by atoms with Gasteiger partial charge in [-0.05, 0) is 17.7 Å². The molecular formula is C11H11Cl2N3O. The molecule has 0 bridgehead atoms. The summed E-state index contributed by atoms with van der Waals surface area (Å²) in [6, 6.07) is 5.20. The summed E-state index contributed by atoms with van der Waals surface area (Å²) in [5.41, 5.74) is 0.819. The van der Waals surface area contributed by atoms with E-state index in [-0.39, 0.29) is 5.92 Å². The minimum absolute atomic E-state index is 0.207. The number of aromatic nitrogens is 3. The highest BCUT2D eigenvalue weighted by molar-refractivity contribution is 6.35. The predicted octanol–water partition coefficient (Wildman–Crippen LogP) is 2.88. The highest BCUT2D eigenvalue weighted by Gasteiger charge is 2.20. The Hall–Kier alpha value is -1.10. The van der Waals surface area contributed by atoms with Crippen molar-refractivity contribution in [2.45, 2.75) is 19.1 Å². The quantitative estimate of drug-likeness (QED) is 0.934. The fourth-order valence-electron chi connectivity index (χ4n) is 1.61. The third-order valence-electron chi connectivity index (χ3n) is 2.61. The first-order valence-corrected chi connectivity index (χ1v) is 5.82. The Bertz CT molecular complexity index is 501. The Balaban J connectivity index is 2.28. The fourth-order valence-corrected chi connectivity index (χ4v) is 2.20. The van der Waals surface area contributed by atoms with Gasteiger partial charge < -0.3 is 5.11 Å². The molecule has 1 aromatic heterocycles. The molecular weight excluding hydrogens is 261 g/mol. The standard InChI is InChI=1S/C11H11Cl2N3O/c1-7(11(17)16-6-14-5-15-16)9-3-2-8(12)4-10(9)13/h2-7,11,17H,1H3. The van der Waals surface area contributed by atoms with E-state index in [0.29, 0.717) is 10.0 Å². The van der Waals surface area contributed by atoms with E-state index in [2.05, 4.69) is 10.1 Å². The van der Waals surface area contributed by atoms with E-state index >= 15 is 0 Å². The molecule has 6 heteroatoms. The van der Waals surface area contributed by atoms with Crippen LogP contribution in [0.3, 0.4) is 0 Å². The van der Waals surface area contributed by atoms with Gasteiger partial charge in [-0.15, -0.1) is 0 Å². The Kier molecular flexibility index (Phi) is 3.66. The first-order valence-electron chi connectivity index (χ1n) is 5.06. The van der Waals surface area contributed by atoms with Crippen LogP contribution >= 0.6 is 23.2 Å². The molecule has 90 valence electrons. The minimum atomic E-state index is -0.809. The zero-order valence-corrected chi connectivity index (χ0v) is 10.6. The van der Waals surface area contributed by atoms with E-state index in [9.17, 15) is 5.11 Å². The maximum absolute atomic E-state index is 10.1. The van der Waals surface area contributed by atoms with Crippen molar-refractivity contribution in [3.63, 3.8) is 0 Å². The molecule has 0 aliphatic carbocycles. The average Bonchev–Trinajstić information content (AvgIpc) is 2.80. The summed E-state index contributed by atoms with van der Waals surface area (Å²) >= 11 is 11.9. The Morgan fingerprint density at radius 3 is 2.71 bits per heavy atom. The van der Waals surface area contributed by atoms with Crippen LogP contribution in [0.15, 0.2) is 30.9 Å². The Morgan fingerprint density at radius 2 is 2.12 bits per heavy atom. The van der Waals surface area contributed by atoms with Crippen LogP contribution in [0, 0.1) is 0 Å². The summed E-state index contributed by atoms with van der Waals surface area (Å²) in [6.45, 7) is 1.86. The molecule has 0 fully saturated rings. The molecule has 0 radical (unpaired) electrons. The number of aliphatic hydroxyl groups excluding tert-OH is 1. The van der Waals surface area contributed by atoms with Crippen LogP contribution in [-0.2, 0) is 0 Å². The number of nitrogens with zero attached hydrogens (tertiary/aromatic N) is 3. The van der Waals surface area contributed by atoms with Gasteiger partial charge in [0, 0.05) is 16.0 Å². The third-order valence-corrected chi connectivity index (χ3v) is 3.17. The van der Waals surface area contributed by atoms with Crippen LogP contribution < -0.4 is 0 Å². The first kappa shape index (κ1) is 12.4. The van der Waals surface area contributed by atoms with Crippen LogP contribution in [0.25, 0.3) is 0 Å². The molecule has 2 atom stereocenters. The van der Waals surface area contributed by atoms with Crippen molar-refractivity contribution in [2.75, 3.05) is 0 Å². The highest BCUT2D eigenvalue weighted by atomic mass is 35.5. The summed E-state index contributed by atoms with van der Waals surface area (Å²) in [6.07, 6.45) is 2.03. The van der Waals surface area contributed by atoms with Gasteiger partial charge in [0.15, 0.2) is 6.23 Å². The van der Waals surface area contributed by atoms with Crippen LogP contribution in [0.5, 0.6) is 0 Å². The Morgan fingerprint density at radius 1 is 1.35 bits per heavy atom. The molecule has 17 heavy (non-hydrogen) atoms. The number of rotatable bonds is 3. The minimum Gasteiger partial charge on any atom is -0.371 e. The molecule has 0 saturated heterocycles. The zero-order valence-electron chi connectivity index (χ0n) is 9.09. The summed E-state index contributed by atoms with van der Waals surface area (Å²) in [7, 11) is 0. The van der Waals surface area contributed by atoms with E-state index < -0.39 is 6.23 Å². The molecule has 1 aromatic carbocycles. The molecule has 2 aromatic rings. The lowest BCUT2D eigenvalue weighted by Crippen LogP contribution is -2.16. The summed E-state index contributed by atoms with van der Waals surface area (Å²) < 4.78 is 1.38. The van der Waals surface area contributed by atoms with Crippen molar-refractivity contribution in [1.82, 2.24) is 14.8 Å². The van der Waals surface area contributed by atoms with Crippen LogP contribution in [0.2, 0.25) is 10.0 Å². The van der Waals surface area contributed by atoms with Gasteiger partial charge in [0.1, 0.15) is 12.7 Å². The van der Waals surface area contributed by atoms with Crippen molar-refractivity contribution in [1.29, 1.82) is 0 Å². The average molecular weight is 272 g/mol. The van der Waals surface area contributed by atoms with Gasteiger partial charge in [0.2, 0.25) is 0 Å². The largest absolute Gasteiger partial charge is 0.371 e. The van der Waals surface area contributed by atoms with Crippen molar-refractivity contribution in [3.05, 3.63) is 46.5 Å². The van der Waals surface area contributed by atoms with E-state index in [1.165, 1.54) is 17.3 Å². The van der Waals surface area contributed by atoms with Crippen molar-refractivity contribution >= 4 is 23.2 Å². The van der Waals surface area contributed by atoms with Gasteiger partial charge in [-0.25, -0.2) is 9.67 Å². The van der Waals surface area contributed by atoms with Crippen LogP contribution in [-0.4, -0.2) is 19.9 Å². The summed E-state index contributed by atoms with van der Waals surface area (Å²) in [4.78, 5) is 3.79. The van der Waals surface area contributed by atoms with E-state index in [4.69, 9.17) is 23.2 Å². The molecule has 0 aliphatic heterocycles. The van der Waals surface area contributed by atoms with E-state index in [0.717, 1.165) is 5.56 Å². The van der Waals surface area contributed by atoms with E-state index in [1.54, 1.807) is 18.2 Å². The molecule has 0 aliphatic rings. The van der Waals surface area contributed by atoms with Crippen LogP contribution in [0.4, 0.5) is 0 Å². The monoisotopic (exact) mass is 271 g/mol. The zero-order chi connectivity index (χ0) is 12.4. The molecule has 4 nitrogen and oxygen atoms in total. The second kappa shape index (κ2) is 5.04. The van der Waals surface area contributed by atoms with Crippen LogP contribution in [0.1, 0.15) is 24.6 Å². The predicted molar refractivity (Wildman–Crippen MR) is 66.2 cm³/mol. The summed E-state index contributed by atoms with van der Waals surface area (Å²) in [5, 5.41) is 15.1. The normalized spacial score (nSPS) is 14.6. The highest BCUT2D eigenvalue weighted by Crippen LogP contribution is 2.32. The van der Waals surface area contributed by atoms with Crippen molar-refractivity contribution < 1.29 is 5.11 Å². The summed E-state index contributed by atoms with van der Waals surface area (Å²) in [5.74, 6) is -0.207. The molecule has 2 rings (SSSR count). The number of aliphatic hydroxyl groups is 1. The van der Waals surface area contributed by atoms with Gasteiger partial charge in [-0.2, -0.15) is 5.10 Å². The van der Waals surface area contributed by atoms with Crippen molar-refractivity contribution in [2.24, 2.45) is 0 Å². The lowest BCUT2D eigenvalue weighted by atomic mass is 9.99. The number of halogens is 2. The van der Waals surface area contributed by atoms with Gasteiger partial charge in [0.05, 0.1) is 0 Å². The van der Waals surface area contributed by atoms with Gasteiger partial charge in [-0.3, -0.25) is 0 Å². The molecule has 0 spiro atoms. The maximum Gasteiger partial charge on any atom is 0.155 e. The van der Waals surface area contributed by atoms with Gasteiger partial charge >= 0.3 is 0 Å². The van der Waals surface area contributed by atoms with Gasteiger partial charge in [0.25, 0.3) is 0 Å². The first-order chi connectivity index (χ1) is 8.09. The SMILES string of the molecule is CC(c1ccc(Cl)cc1Cl)C(O)n1cncn1. The second-order valence-electron chi connectivity index (χ2n) is 3.74. The Labute approximate surface area is 109 Å². The fraction of sp³-hybridized carbons (Fsp3) is 0.273. The molecule has 1 N–H and O–H groups in total. The number of hydrogen-bond donors (Lipinski definition) is 1. The smallest absolute Gasteiger partial charge is 0.155 e. The lowest BCUT2D eigenvalue weighted by molar-refractivity contribution is 0.0668.